The molecule has 217 valence electrons. The topological polar surface area (TPSA) is 38.9 Å². The molecule has 3 nitrogen and oxygen atoms in total. The Balaban J connectivity index is 0.000000204. The van der Waals surface area contributed by atoms with E-state index in [4.69, 9.17) is 8.53 Å². The van der Waals surface area contributed by atoms with E-state index in [1.807, 2.05) is 24.4 Å². The summed E-state index contributed by atoms with van der Waals surface area (Å²) in [6.07, 6.45) is 3.64. The number of rotatable bonds is 4. The number of aryl methyl sites for hydroxylation is 1. The van der Waals surface area contributed by atoms with Crippen molar-refractivity contribution in [3.63, 3.8) is 0 Å². The standard InChI is InChI=1S/C20H14F2NO.C15H18NSi.Ir/c1-11(2)12-7-8-23-17(9-12)14-5-6-16(22)19-15-4-3-13(21)10-18(15)24-20(14)19;1-12-5-7-13(8-6-12)15-10-9-14(11-16-15)17(2,3)4;/h3-4,6-11H,1-2H3;5-7,9-11H,1-4H3;/q2*-1;/i;1D3;. The summed E-state index contributed by atoms with van der Waals surface area (Å²) >= 11 is 0. The molecule has 6 rings (SSSR count). The van der Waals surface area contributed by atoms with Crippen molar-refractivity contribution >= 4 is 35.2 Å². The molecule has 3 aromatic carbocycles. The molecule has 0 spiro atoms. The van der Waals surface area contributed by atoms with Crippen LogP contribution in [0.3, 0.4) is 0 Å². The van der Waals surface area contributed by atoms with Crippen LogP contribution in [-0.4, -0.2) is 18.0 Å². The Hall–Kier alpha value is -3.51. The number of benzene rings is 3. The van der Waals surface area contributed by atoms with Crippen molar-refractivity contribution in [2.75, 3.05) is 0 Å². The van der Waals surface area contributed by atoms with Gasteiger partial charge >= 0.3 is 0 Å². The van der Waals surface area contributed by atoms with E-state index in [9.17, 15) is 8.78 Å². The van der Waals surface area contributed by atoms with Gasteiger partial charge in [-0.15, -0.1) is 47.5 Å². The fraction of sp³-hybridized carbons (Fsp3) is 0.200. The Morgan fingerprint density at radius 2 is 1.71 bits per heavy atom. The first-order chi connectivity index (χ1) is 20.7. The molecule has 42 heavy (non-hydrogen) atoms. The Labute approximate surface area is 264 Å². The SMILES string of the molecule is CC(C)c1ccnc(-c2[c-]cc(F)c3c2oc2cc(F)ccc23)c1.[2H]C([2H])([2H])c1c[c-]c(-c2ccc([Si](C)(C)C)cn2)cc1.[Ir]. The molecular weight excluding hydrogens is 723 g/mol. The summed E-state index contributed by atoms with van der Waals surface area (Å²) in [7, 11) is -1.34. The summed E-state index contributed by atoms with van der Waals surface area (Å²) in [5.41, 5.74) is 4.95. The first-order valence-electron chi connectivity index (χ1n) is 14.9. The van der Waals surface area contributed by atoms with E-state index in [1.165, 1.54) is 35.5 Å². The first-order valence-corrected chi connectivity index (χ1v) is 16.9. The van der Waals surface area contributed by atoms with Crippen LogP contribution in [0.25, 0.3) is 44.5 Å². The number of hydrogen-bond donors (Lipinski definition) is 0. The van der Waals surface area contributed by atoms with Gasteiger partial charge in [0.15, 0.2) is 0 Å². The molecule has 7 heteroatoms. The van der Waals surface area contributed by atoms with E-state index in [2.05, 4.69) is 61.7 Å². The Bertz CT molecular complexity index is 1880. The minimum atomic E-state index is -2.08. The monoisotopic (exact) mass is 758 g/mol. The maximum atomic E-state index is 14.3. The summed E-state index contributed by atoms with van der Waals surface area (Å²) in [5.74, 6) is -0.529. The van der Waals surface area contributed by atoms with Gasteiger partial charge in [0.25, 0.3) is 0 Å². The van der Waals surface area contributed by atoms with Crippen LogP contribution in [-0.2, 0) is 20.1 Å². The number of halogens is 2. The zero-order chi connectivity index (χ0) is 31.8. The fourth-order valence-corrected chi connectivity index (χ4v) is 5.51. The number of hydrogen-bond acceptors (Lipinski definition) is 3. The second-order valence-electron chi connectivity index (χ2n) is 11.3. The number of furan rings is 1. The molecule has 0 saturated carbocycles. The van der Waals surface area contributed by atoms with Crippen LogP contribution < -0.4 is 5.19 Å². The molecule has 0 aliphatic carbocycles. The third-order valence-electron chi connectivity index (χ3n) is 6.89. The van der Waals surface area contributed by atoms with Gasteiger partial charge in [-0.05, 0) is 46.1 Å². The number of aromatic nitrogens is 2. The predicted molar refractivity (Wildman–Crippen MR) is 166 cm³/mol. The molecule has 0 aliphatic heterocycles. The van der Waals surface area contributed by atoms with Crippen molar-refractivity contribution in [2.24, 2.45) is 0 Å². The quantitative estimate of drug-likeness (QED) is 0.133. The molecule has 6 aromatic rings. The van der Waals surface area contributed by atoms with Crippen LogP contribution in [0.1, 0.15) is 35.0 Å². The molecule has 0 saturated heterocycles. The maximum Gasteiger partial charge on any atom is 0.126 e. The summed E-state index contributed by atoms with van der Waals surface area (Å²) in [4.78, 5) is 8.84. The smallest absolute Gasteiger partial charge is 0.126 e. The molecule has 1 radical (unpaired) electrons. The van der Waals surface area contributed by atoms with E-state index in [-0.39, 0.29) is 20.1 Å². The molecule has 0 N–H and O–H groups in total. The van der Waals surface area contributed by atoms with Crippen LogP contribution in [0.4, 0.5) is 8.78 Å². The summed E-state index contributed by atoms with van der Waals surface area (Å²) in [5, 5.41) is 2.18. The van der Waals surface area contributed by atoms with Crippen molar-refractivity contribution in [3.8, 4) is 22.5 Å². The van der Waals surface area contributed by atoms with Crippen LogP contribution in [0.2, 0.25) is 19.6 Å². The molecule has 3 aromatic heterocycles. The minimum absolute atomic E-state index is 0. The minimum Gasteiger partial charge on any atom is -0.500 e. The van der Waals surface area contributed by atoms with Gasteiger partial charge in [0.05, 0.1) is 13.7 Å². The molecular formula is C35H32F2IrN2OSi-2. The number of pyridine rings is 2. The zero-order valence-electron chi connectivity index (χ0n) is 27.0. The number of fused-ring (bicyclic) bond motifs is 3. The normalized spacial score (nSPS) is 12.7. The second-order valence-corrected chi connectivity index (χ2v) is 16.3. The molecule has 0 amide bonds. The van der Waals surface area contributed by atoms with E-state index in [0.717, 1.165) is 16.8 Å². The van der Waals surface area contributed by atoms with Gasteiger partial charge in [-0.1, -0.05) is 69.7 Å². The Morgan fingerprint density at radius 3 is 2.36 bits per heavy atom. The summed E-state index contributed by atoms with van der Waals surface area (Å²) in [6, 6.07) is 24.2. The van der Waals surface area contributed by atoms with Gasteiger partial charge in [0.1, 0.15) is 11.4 Å². The third-order valence-corrected chi connectivity index (χ3v) is 8.91. The van der Waals surface area contributed by atoms with E-state index in [1.54, 1.807) is 18.3 Å². The molecule has 0 unspecified atom stereocenters. The predicted octanol–water partition coefficient (Wildman–Crippen LogP) is 9.25. The fourth-order valence-electron chi connectivity index (χ4n) is 4.47. The van der Waals surface area contributed by atoms with Crippen LogP contribution in [0.5, 0.6) is 0 Å². The Kier molecular flexibility index (Phi) is 8.32. The van der Waals surface area contributed by atoms with Gasteiger partial charge in [0, 0.05) is 53.9 Å². The van der Waals surface area contributed by atoms with Gasteiger partial charge in [0.2, 0.25) is 0 Å². The average Bonchev–Trinajstić information content (AvgIpc) is 3.36. The van der Waals surface area contributed by atoms with Crippen molar-refractivity contribution in [3.05, 3.63) is 114 Å². The third kappa shape index (κ3) is 6.75. The zero-order valence-corrected chi connectivity index (χ0v) is 27.4. The maximum absolute atomic E-state index is 14.3. The molecule has 0 bridgehead atoms. The molecule has 0 fully saturated rings. The van der Waals surface area contributed by atoms with E-state index < -0.39 is 26.6 Å². The van der Waals surface area contributed by atoms with Gasteiger partial charge in [-0.25, -0.2) is 4.39 Å². The molecule has 0 atom stereocenters. The van der Waals surface area contributed by atoms with Crippen LogP contribution in [0.15, 0.2) is 83.5 Å². The van der Waals surface area contributed by atoms with Crippen molar-refractivity contribution in [1.82, 2.24) is 9.97 Å². The van der Waals surface area contributed by atoms with Crippen LogP contribution >= 0.6 is 0 Å². The molecule has 3 heterocycles. The van der Waals surface area contributed by atoms with E-state index >= 15 is 0 Å². The first kappa shape index (κ1) is 27.3. The second kappa shape index (κ2) is 12.8. The van der Waals surface area contributed by atoms with Gasteiger partial charge < -0.3 is 14.4 Å². The van der Waals surface area contributed by atoms with Gasteiger partial charge in [-0.3, -0.25) is 4.39 Å². The van der Waals surface area contributed by atoms with E-state index in [0.29, 0.717) is 44.7 Å². The number of nitrogens with zero attached hydrogens (tertiary/aromatic N) is 2. The Morgan fingerprint density at radius 1 is 0.905 bits per heavy atom. The van der Waals surface area contributed by atoms with Crippen molar-refractivity contribution in [1.29, 1.82) is 0 Å². The van der Waals surface area contributed by atoms with Crippen molar-refractivity contribution in [2.45, 2.75) is 46.3 Å². The van der Waals surface area contributed by atoms with Gasteiger partial charge in [-0.2, -0.15) is 0 Å². The largest absolute Gasteiger partial charge is 0.500 e. The van der Waals surface area contributed by atoms with Crippen molar-refractivity contribution < 1.29 is 37.4 Å². The average molecular weight is 758 g/mol. The molecule has 0 aliphatic rings. The summed E-state index contributed by atoms with van der Waals surface area (Å²) in [6.45, 7) is 8.94. The van der Waals surface area contributed by atoms with Crippen LogP contribution in [0, 0.1) is 30.6 Å². The summed E-state index contributed by atoms with van der Waals surface area (Å²) < 4.78 is 55.6.